The van der Waals surface area contributed by atoms with Crippen molar-refractivity contribution in [2.75, 3.05) is 40.0 Å². The minimum absolute atomic E-state index is 0.0260. The second-order valence-electron chi connectivity index (χ2n) is 3.92. The van der Waals surface area contributed by atoms with Crippen LogP contribution in [-0.4, -0.2) is 50.8 Å². The van der Waals surface area contributed by atoms with Gasteiger partial charge in [-0.05, 0) is 6.42 Å². The monoisotopic (exact) mass is 215 g/mol. The Labute approximate surface area is 91.5 Å². The van der Waals surface area contributed by atoms with E-state index in [1.54, 1.807) is 0 Å². The number of hydrogen-bond acceptors (Lipinski definition) is 4. The van der Waals surface area contributed by atoms with E-state index < -0.39 is 0 Å². The van der Waals surface area contributed by atoms with Crippen LogP contribution in [0.2, 0.25) is 0 Å². The van der Waals surface area contributed by atoms with Crippen molar-refractivity contribution >= 4 is 5.97 Å². The Morgan fingerprint density at radius 3 is 2.67 bits per heavy atom. The zero-order chi connectivity index (χ0) is 11.1. The number of nitrogens with zero attached hydrogens (tertiary/aromatic N) is 1. The fraction of sp³-hybridized carbons (Fsp3) is 0.909. The number of carbonyl (C=O) groups excluding carboxylic acids is 1. The van der Waals surface area contributed by atoms with Gasteiger partial charge in [-0.2, -0.15) is 0 Å². The van der Waals surface area contributed by atoms with Gasteiger partial charge in [0.2, 0.25) is 0 Å². The molecule has 4 heteroatoms. The van der Waals surface area contributed by atoms with Gasteiger partial charge in [-0.25, -0.2) is 0 Å². The van der Waals surface area contributed by atoms with Crippen molar-refractivity contribution in [3.05, 3.63) is 0 Å². The Bertz CT molecular complexity index is 190. The Morgan fingerprint density at radius 1 is 1.47 bits per heavy atom. The summed E-state index contributed by atoms with van der Waals surface area (Å²) in [6.07, 6.45) is 1.92. The van der Waals surface area contributed by atoms with E-state index in [1.165, 1.54) is 7.11 Å². The molecule has 1 unspecified atom stereocenters. The molecular formula is C11H21NO3. The summed E-state index contributed by atoms with van der Waals surface area (Å²) in [5, 5.41) is 0. The Morgan fingerprint density at radius 2 is 2.13 bits per heavy atom. The first-order valence-electron chi connectivity index (χ1n) is 5.65. The number of morpholine rings is 1. The topological polar surface area (TPSA) is 38.8 Å². The molecule has 0 aromatic carbocycles. The molecule has 0 radical (unpaired) electrons. The van der Waals surface area contributed by atoms with Crippen LogP contribution in [0.5, 0.6) is 0 Å². The zero-order valence-corrected chi connectivity index (χ0v) is 9.70. The number of ether oxygens (including phenoxy) is 2. The second-order valence-corrected chi connectivity index (χ2v) is 3.92. The normalized spacial score (nSPS) is 19.9. The van der Waals surface area contributed by atoms with Crippen LogP contribution in [-0.2, 0) is 14.3 Å². The van der Waals surface area contributed by atoms with Gasteiger partial charge in [0.1, 0.15) is 0 Å². The molecule has 1 heterocycles. The third-order valence-corrected chi connectivity index (χ3v) is 2.75. The van der Waals surface area contributed by atoms with E-state index in [0.717, 1.165) is 45.7 Å². The first kappa shape index (κ1) is 12.5. The number of rotatable bonds is 5. The Balaban J connectivity index is 2.38. The van der Waals surface area contributed by atoms with Crippen molar-refractivity contribution in [1.82, 2.24) is 4.90 Å². The summed E-state index contributed by atoms with van der Waals surface area (Å²) in [6.45, 7) is 6.31. The first-order chi connectivity index (χ1) is 7.27. The number of carbonyl (C=O) groups is 1. The van der Waals surface area contributed by atoms with Crippen molar-refractivity contribution in [1.29, 1.82) is 0 Å². The van der Waals surface area contributed by atoms with Crippen molar-refractivity contribution < 1.29 is 14.3 Å². The van der Waals surface area contributed by atoms with Crippen molar-refractivity contribution in [3.8, 4) is 0 Å². The van der Waals surface area contributed by atoms with Gasteiger partial charge in [0.05, 0.1) is 26.2 Å². The van der Waals surface area contributed by atoms with Gasteiger partial charge in [0, 0.05) is 19.6 Å². The van der Waals surface area contributed by atoms with E-state index in [0.29, 0.717) is 0 Å². The maximum atomic E-state index is 11.5. The number of hydrogen-bond donors (Lipinski definition) is 0. The molecule has 1 rings (SSSR count). The van der Waals surface area contributed by atoms with Crippen LogP contribution in [0.3, 0.4) is 0 Å². The standard InChI is InChI=1S/C11H21NO3/c1-3-4-10(11(13)14-2)9-12-5-7-15-8-6-12/h10H,3-9H2,1-2H3. The number of esters is 1. The highest BCUT2D eigenvalue weighted by Crippen LogP contribution is 2.11. The van der Waals surface area contributed by atoms with Gasteiger partial charge in [-0.3, -0.25) is 9.69 Å². The van der Waals surface area contributed by atoms with Gasteiger partial charge in [-0.1, -0.05) is 13.3 Å². The molecular weight excluding hydrogens is 194 g/mol. The number of methoxy groups -OCH3 is 1. The predicted molar refractivity (Wildman–Crippen MR) is 57.7 cm³/mol. The van der Waals surface area contributed by atoms with E-state index >= 15 is 0 Å². The van der Waals surface area contributed by atoms with Crippen molar-refractivity contribution in [2.24, 2.45) is 5.92 Å². The lowest BCUT2D eigenvalue weighted by molar-refractivity contribution is -0.146. The molecule has 0 aromatic heterocycles. The lowest BCUT2D eigenvalue weighted by atomic mass is 10.0. The average Bonchev–Trinajstić information content (AvgIpc) is 2.29. The minimum atomic E-state index is -0.0802. The molecule has 1 atom stereocenters. The highest BCUT2D eigenvalue weighted by Gasteiger charge is 2.22. The van der Waals surface area contributed by atoms with Crippen LogP contribution in [0.1, 0.15) is 19.8 Å². The third kappa shape index (κ3) is 4.18. The van der Waals surface area contributed by atoms with Crippen LogP contribution in [0, 0.1) is 5.92 Å². The van der Waals surface area contributed by atoms with Gasteiger partial charge < -0.3 is 9.47 Å². The third-order valence-electron chi connectivity index (χ3n) is 2.75. The van der Waals surface area contributed by atoms with Gasteiger partial charge in [0.15, 0.2) is 0 Å². The zero-order valence-electron chi connectivity index (χ0n) is 9.70. The van der Waals surface area contributed by atoms with Gasteiger partial charge >= 0.3 is 5.97 Å². The lowest BCUT2D eigenvalue weighted by Gasteiger charge is -2.29. The van der Waals surface area contributed by atoms with E-state index in [1.807, 2.05) is 0 Å². The SMILES string of the molecule is CCCC(CN1CCOCC1)C(=O)OC. The van der Waals surface area contributed by atoms with Crippen LogP contribution in [0.15, 0.2) is 0 Å². The summed E-state index contributed by atoms with van der Waals surface area (Å²) < 4.78 is 10.1. The molecule has 0 N–H and O–H groups in total. The fourth-order valence-electron chi connectivity index (χ4n) is 1.89. The van der Waals surface area contributed by atoms with E-state index in [9.17, 15) is 4.79 Å². The molecule has 1 aliphatic heterocycles. The molecule has 0 bridgehead atoms. The molecule has 1 aliphatic rings. The van der Waals surface area contributed by atoms with Gasteiger partial charge in [-0.15, -0.1) is 0 Å². The van der Waals surface area contributed by atoms with Crippen molar-refractivity contribution in [2.45, 2.75) is 19.8 Å². The van der Waals surface area contributed by atoms with E-state index in [-0.39, 0.29) is 11.9 Å². The fourth-order valence-corrected chi connectivity index (χ4v) is 1.89. The summed E-state index contributed by atoms with van der Waals surface area (Å²) in [7, 11) is 1.46. The maximum Gasteiger partial charge on any atom is 0.309 e. The smallest absolute Gasteiger partial charge is 0.309 e. The molecule has 4 nitrogen and oxygen atoms in total. The summed E-state index contributed by atoms with van der Waals surface area (Å²) in [4.78, 5) is 13.8. The summed E-state index contributed by atoms with van der Waals surface area (Å²) in [5.41, 5.74) is 0. The first-order valence-corrected chi connectivity index (χ1v) is 5.65. The van der Waals surface area contributed by atoms with Crippen molar-refractivity contribution in [3.63, 3.8) is 0 Å². The Hall–Kier alpha value is -0.610. The second kappa shape index (κ2) is 6.80. The summed E-state index contributed by atoms with van der Waals surface area (Å²) >= 11 is 0. The minimum Gasteiger partial charge on any atom is -0.469 e. The molecule has 0 saturated carbocycles. The van der Waals surface area contributed by atoms with Crippen LogP contribution in [0.25, 0.3) is 0 Å². The van der Waals surface area contributed by atoms with Crippen LogP contribution >= 0.6 is 0 Å². The Kier molecular flexibility index (Phi) is 5.65. The predicted octanol–water partition coefficient (Wildman–Crippen LogP) is 0.908. The molecule has 0 aromatic rings. The van der Waals surface area contributed by atoms with Crippen LogP contribution in [0.4, 0.5) is 0 Å². The van der Waals surface area contributed by atoms with E-state index in [2.05, 4.69) is 11.8 Å². The highest BCUT2D eigenvalue weighted by atomic mass is 16.5. The maximum absolute atomic E-state index is 11.5. The van der Waals surface area contributed by atoms with Gasteiger partial charge in [0.25, 0.3) is 0 Å². The molecule has 1 saturated heterocycles. The van der Waals surface area contributed by atoms with E-state index in [4.69, 9.17) is 9.47 Å². The quantitative estimate of drug-likeness (QED) is 0.639. The molecule has 0 aliphatic carbocycles. The summed E-state index contributed by atoms with van der Waals surface area (Å²) in [5.74, 6) is -0.0542. The molecule has 0 spiro atoms. The molecule has 15 heavy (non-hydrogen) atoms. The average molecular weight is 215 g/mol. The largest absolute Gasteiger partial charge is 0.469 e. The van der Waals surface area contributed by atoms with Crippen LogP contribution < -0.4 is 0 Å². The lowest BCUT2D eigenvalue weighted by Crippen LogP contribution is -2.41. The molecule has 1 fully saturated rings. The highest BCUT2D eigenvalue weighted by molar-refractivity contribution is 5.72. The molecule has 88 valence electrons. The summed E-state index contributed by atoms with van der Waals surface area (Å²) in [6, 6.07) is 0. The molecule has 0 amide bonds.